The second-order valence-electron chi connectivity index (χ2n) is 3.66. The van der Waals surface area contributed by atoms with Crippen LogP contribution in [0.3, 0.4) is 0 Å². The summed E-state index contributed by atoms with van der Waals surface area (Å²) in [6, 6.07) is 6.32. The first-order valence-electron chi connectivity index (χ1n) is 4.66. The molecule has 0 fully saturated rings. The highest BCUT2D eigenvalue weighted by atomic mass is 16.5. The van der Waals surface area contributed by atoms with Crippen LogP contribution < -0.4 is 5.73 Å². The van der Waals surface area contributed by atoms with Crippen molar-refractivity contribution >= 4 is 0 Å². The van der Waals surface area contributed by atoms with Crippen LogP contribution in [0.2, 0.25) is 0 Å². The second-order valence-corrected chi connectivity index (χ2v) is 3.66. The van der Waals surface area contributed by atoms with E-state index in [1.165, 1.54) is 16.7 Å². The topological polar surface area (TPSA) is 35.2 Å². The standard InChI is InChI=1S/C11H15NO/c1-7-4-3-5-9-10(12)6-13-8(2)11(7)9/h3-5,8,10H,6,12H2,1-2H3/t8-,10?/m0/s1. The Bertz CT molecular complexity index is 322. The van der Waals surface area contributed by atoms with E-state index in [0.717, 1.165) is 0 Å². The molecule has 0 bridgehead atoms. The van der Waals surface area contributed by atoms with E-state index in [4.69, 9.17) is 10.5 Å². The quantitative estimate of drug-likeness (QED) is 0.658. The Morgan fingerprint density at radius 1 is 1.46 bits per heavy atom. The molecule has 70 valence electrons. The van der Waals surface area contributed by atoms with Gasteiger partial charge in [-0.3, -0.25) is 0 Å². The lowest BCUT2D eigenvalue weighted by molar-refractivity contribution is 0.0403. The van der Waals surface area contributed by atoms with E-state index < -0.39 is 0 Å². The maximum Gasteiger partial charge on any atom is 0.0803 e. The van der Waals surface area contributed by atoms with Crippen LogP contribution >= 0.6 is 0 Å². The van der Waals surface area contributed by atoms with Gasteiger partial charge in [-0.05, 0) is 30.5 Å². The van der Waals surface area contributed by atoms with Crippen LogP contribution in [0.5, 0.6) is 0 Å². The minimum absolute atomic E-state index is 0.0473. The molecule has 0 spiro atoms. The zero-order valence-electron chi connectivity index (χ0n) is 8.08. The Hall–Kier alpha value is -0.860. The van der Waals surface area contributed by atoms with Gasteiger partial charge in [0.15, 0.2) is 0 Å². The maximum atomic E-state index is 5.95. The summed E-state index contributed by atoms with van der Waals surface area (Å²) < 4.78 is 5.57. The Kier molecular flexibility index (Phi) is 2.10. The smallest absolute Gasteiger partial charge is 0.0803 e. The minimum Gasteiger partial charge on any atom is -0.372 e. The molecule has 2 rings (SSSR count). The Morgan fingerprint density at radius 3 is 2.92 bits per heavy atom. The van der Waals surface area contributed by atoms with Crippen molar-refractivity contribution in [3.63, 3.8) is 0 Å². The molecule has 2 heteroatoms. The van der Waals surface area contributed by atoms with Crippen LogP contribution in [-0.4, -0.2) is 6.61 Å². The monoisotopic (exact) mass is 177 g/mol. The lowest BCUT2D eigenvalue weighted by atomic mass is 9.92. The van der Waals surface area contributed by atoms with Crippen LogP contribution in [-0.2, 0) is 4.74 Å². The van der Waals surface area contributed by atoms with E-state index in [1.54, 1.807) is 0 Å². The third-order valence-electron chi connectivity index (χ3n) is 2.69. The van der Waals surface area contributed by atoms with Gasteiger partial charge in [-0.1, -0.05) is 18.2 Å². The van der Waals surface area contributed by atoms with Gasteiger partial charge >= 0.3 is 0 Å². The van der Waals surface area contributed by atoms with Gasteiger partial charge in [0.25, 0.3) is 0 Å². The van der Waals surface area contributed by atoms with Crippen LogP contribution in [0.25, 0.3) is 0 Å². The summed E-state index contributed by atoms with van der Waals surface area (Å²) in [7, 11) is 0. The van der Waals surface area contributed by atoms with Gasteiger partial charge < -0.3 is 10.5 Å². The molecule has 1 aromatic rings. The molecule has 2 atom stereocenters. The number of nitrogens with two attached hydrogens (primary N) is 1. The molecule has 1 heterocycles. The molecule has 0 aliphatic carbocycles. The van der Waals surface area contributed by atoms with Gasteiger partial charge in [0, 0.05) is 0 Å². The number of hydrogen-bond donors (Lipinski definition) is 1. The summed E-state index contributed by atoms with van der Waals surface area (Å²) in [5.74, 6) is 0. The van der Waals surface area contributed by atoms with Crippen molar-refractivity contribution in [2.75, 3.05) is 6.61 Å². The summed E-state index contributed by atoms with van der Waals surface area (Å²) in [4.78, 5) is 0. The number of rotatable bonds is 0. The number of aryl methyl sites for hydroxylation is 1. The average Bonchev–Trinajstić information content (AvgIpc) is 2.12. The fourth-order valence-corrected chi connectivity index (χ4v) is 2.00. The lowest BCUT2D eigenvalue weighted by Gasteiger charge is -2.29. The summed E-state index contributed by atoms with van der Waals surface area (Å²) in [6.45, 7) is 4.83. The number of hydrogen-bond acceptors (Lipinski definition) is 2. The molecule has 0 aromatic heterocycles. The molecule has 2 N–H and O–H groups in total. The lowest BCUT2D eigenvalue weighted by Crippen LogP contribution is -2.26. The maximum absolute atomic E-state index is 5.95. The molecule has 1 aromatic carbocycles. The molecule has 0 saturated carbocycles. The Labute approximate surface area is 78.7 Å². The highest BCUT2D eigenvalue weighted by Gasteiger charge is 2.23. The molecule has 13 heavy (non-hydrogen) atoms. The summed E-state index contributed by atoms with van der Waals surface area (Å²) >= 11 is 0. The van der Waals surface area contributed by atoms with Crippen LogP contribution in [0.15, 0.2) is 18.2 Å². The van der Waals surface area contributed by atoms with Crippen LogP contribution in [0.4, 0.5) is 0 Å². The van der Waals surface area contributed by atoms with Crippen LogP contribution in [0.1, 0.15) is 35.8 Å². The summed E-state index contributed by atoms with van der Waals surface area (Å²) in [6.07, 6.45) is 0.191. The van der Waals surface area contributed by atoms with Gasteiger partial charge in [-0.25, -0.2) is 0 Å². The van der Waals surface area contributed by atoms with Gasteiger partial charge in [-0.15, -0.1) is 0 Å². The van der Waals surface area contributed by atoms with E-state index >= 15 is 0 Å². The molecule has 0 amide bonds. The van der Waals surface area contributed by atoms with E-state index in [9.17, 15) is 0 Å². The fraction of sp³-hybridized carbons (Fsp3) is 0.455. The predicted octanol–water partition coefficient (Wildman–Crippen LogP) is 2.09. The van der Waals surface area contributed by atoms with Crippen molar-refractivity contribution in [2.45, 2.75) is 26.0 Å². The van der Waals surface area contributed by atoms with Crippen molar-refractivity contribution in [3.05, 3.63) is 34.9 Å². The van der Waals surface area contributed by atoms with Crippen molar-refractivity contribution in [1.29, 1.82) is 0 Å². The van der Waals surface area contributed by atoms with Crippen molar-refractivity contribution in [1.82, 2.24) is 0 Å². The van der Waals surface area contributed by atoms with E-state index in [1.807, 2.05) is 0 Å². The Balaban J connectivity index is 2.56. The van der Waals surface area contributed by atoms with Gasteiger partial charge in [0.05, 0.1) is 18.8 Å². The molecule has 0 saturated heterocycles. The molecule has 0 radical (unpaired) electrons. The number of benzene rings is 1. The van der Waals surface area contributed by atoms with Gasteiger partial charge in [0.2, 0.25) is 0 Å². The third-order valence-corrected chi connectivity index (χ3v) is 2.69. The SMILES string of the molecule is Cc1cccc2c1[C@H](C)OCC2N. The van der Waals surface area contributed by atoms with Crippen molar-refractivity contribution in [3.8, 4) is 0 Å². The first-order valence-corrected chi connectivity index (χ1v) is 4.66. The number of fused-ring (bicyclic) bond motifs is 1. The first-order chi connectivity index (χ1) is 6.20. The zero-order valence-corrected chi connectivity index (χ0v) is 8.08. The largest absolute Gasteiger partial charge is 0.372 e. The highest BCUT2D eigenvalue weighted by molar-refractivity contribution is 5.39. The molecule has 2 nitrogen and oxygen atoms in total. The fourth-order valence-electron chi connectivity index (χ4n) is 2.00. The highest BCUT2D eigenvalue weighted by Crippen LogP contribution is 2.32. The van der Waals surface area contributed by atoms with Gasteiger partial charge in [0.1, 0.15) is 0 Å². The average molecular weight is 177 g/mol. The summed E-state index contributed by atoms with van der Waals surface area (Å²) in [5.41, 5.74) is 9.76. The summed E-state index contributed by atoms with van der Waals surface area (Å²) in [5, 5.41) is 0. The van der Waals surface area contributed by atoms with Crippen LogP contribution in [0, 0.1) is 6.92 Å². The predicted molar refractivity (Wildman–Crippen MR) is 52.5 cm³/mol. The first kappa shape index (κ1) is 8.73. The van der Waals surface area contributed by atoms with E-state index in [2.05, 4.69) is 32.0 Å². The molecular formula is C11H15NO. The van der Waals surface area contributed by atoms with Crippen molar-refractivity contribution in [2.24, 2.45) is 5.73 Å². The normalized spacial score (nSPS) is 27.0. The second kappa shape index (κ2) is 3.13. The van der Waals surface area contributed by atoms with E-state index in [0.29, 0.717) is 6.61 Å². The molecule has 1 aliphatic rings. The Morgan fingerprint density at radius 2 is 2.23 bits per heavy atom. The van der Waals surface area contributed by atoms with Crippen molar-refractivity contribution < 1.29 is 4.74 Å². The molecular weight excluding hydrogens is 162 g/mol. The molecule has 1 aliphatic heterocycles. The molecule has 1 unspecified atom stereocenters. The zero-order chi connectivity index (χ0) is 9.42. The van der Waals surface area contributed by atoms with E-state index in [-0.39, 0.29) is 12.1 Å². The minimum atomic E-state index is 0.0473. The van der Waals surface area contributed by atoms with Gasteiger partial charge in [-0.2, -0.15) is 0 Å². The number of ether oxygens (including phenoxy) is 1. The third kappa shape index (κ3) is 1.36.